The summed E-state index contributed by atoms with van der Waals surface area (Å²) in [4.78, 5) is 13.7. The van der Waals surface area contributed by atoms with Crippen molar-refractivity contribution >= 4 is 21.6 Å². The Balaban J connectivity index is 1.87. The van der Waals surface area contributed by atoms with Gasteiger partial charge in [-0.05, 0) is 49.4 Å². The van der Waals surface area contributed by atoms with Gasteiger partial charge in [-0.25, -0.2) is 12.8 Å². The van der Waals surface area contributed by atoms with Crippen molar-refractivity contribution in [2.45, 2.75) is 24.0 Å². The summed E-state index contributed by atoms with van der Waals surface area (Å²) in [5.74, 6) is -1.24. The fraction of sp³-hybridized carbons (Fsp3) is 0.278. The molecule has 2 aromatic carbocycles. The fourth-order valence-corrected chi connectivity index (χ4v) is 4.61. The van der Waals surface area contributed by atoms with Crippen LogP contribution in [0.5, 0.6) is 0 Å². The van der Waals surface area contributed by atoms with Gasteiger partial charge in [0.2, 0.25) is 15.9 Å². The van der Waals surface area contributed by atoms with Crippen LogP contribution in [0, 0.1) is 5.82 Å². The van der Waals surface area contributed by atoms with Gasteiger partial charge in [0.1, 0.15) is 11.9 Å². The predicted octanol–water partition coefficient (Wildman–Crippen LogP) is 3.27. The van der Waals surface area contributed by atoms with Crippen molar-refractivity contribution in [1.82, 2.24) is 4.31 Å². The number of sulfonamides is 1. The van der Waals surface area contributed by atoms with Gasteiger partial charge >= 0.3 is 6.18 Å². The molecule has 1 heterocycles. The number of alkyl halides is 3. The first-order chi connectivity index (χ1) is 13.0. The van der Waals surface area contributed by atoms with Crippen LogP contribution in [0.15, 0.2) is 53.4 Å². The van der Waals surface area contributed by atoms with Gasteiger partial charge in [-0.15, -0.1) is 0 Å². The van der Waals surface area contributed by atoms with E-state index < -0.39 is 39.5 Å². The first-order valence-electron chi connectivity index (χ1n) is 8.28. The van der Waals surface area contributed by atoms with Crippen LogP contribution in [-0.2, 0) is 21.0 Å². The first-order valence-corrected chi connectivity index (χ1v) is 9.72. The molecule has 0 saturated carbocycles. The second-order valence-electron chi connectivity index (χ2n) is 6.28. The van der Waals surface area contributed by atoms with Crippen molar-refractivity contribution in [3.63, 3.8) is 0 Å². The molecule has 1 atom stereocenters. The van der Waals surface area contributed by atoms with Crippen LogP contribution in [-0.4, -0.2) is 37.8 Å². The molecule has 0 aliphatic carbocycles. The molecule has 0 spiro atoms. The lowest BCUT2D eigenvalue weighted by atomic mass is 10.1. The molecule has 10 heteroatoms. The van der Waals surface area contributed by atoms with Crippen LogP contribution in [0.4, 0.5) is 23.2 Å². The number of anilines is 1. The zero-order chi connectivity index (χ0) is 20.7. The second kappa shape index (κ2) is 7.17. The number of rotatable bonds is 3. The van der Waals surface area contributed by atoms with Crippen molar-refractivity contribution in [3.8, 4) is 0 Å². The molecule has 0 unspecified atom stereocenters. The van der Waals surface area contributed by atoms with Crippen LogP contribution in [0.2, 0.25) is 0 Å². The van der Waals surface area contributed by atoms with Crippen LogP contribution in [0.1, 0.15) is 12.5 Å². The van der Waals surface area contributed by atoms with Gasteiger partial charge in [-0.1, -0.05) is 6.07 Å². The largest absolute Gasteiger partial charge is 0.416 e. The third kappa shape index (κ3) is 3.74. The van der Waals surface area contributed by atoms with Crippen molar-refractivity contribution in [1.29, 1.82) is 0 Å². The average molecular weight is 416 g/mol. The zero-order valence-electron chi connectivity index (χ0n) is 14.6. The molecular formula is C18H16F4N2O3S. The number of hydrogen-bond donors (Lipinski definition) is 0. The van der Waals surface area contributed by atoms with E-state index in [9.17, 15) is 30.8 Å². The molecule has 1 amide bonds. The van der Waals surface area contributed by atoms with Crippen molar-refractivity contribution in [3.05, 3.63) is 59.9 Å². The third-order valence-electron chi connectivity index (χ3n) is 4.50. The highest BCUT2D eigenvalue weighted by Crippen LogP contribution is 2.33. The van der Waals surface area contributed by atoms with Crippen LogP contribution in [0.25, 0.3) is 0 Å². The smallest absolute Gasteiger partial charge is 0.310 e. The Morgan fingerprint density at radius 3 is 2.29 bits per heavy atom. The number of carbonyl (C=O) groups excluding carboxylic acids is 1. The molecule has 28 heavy (non-hydrogen) atoms. The molecule has 150 valence electrons. The maximum Gasteiger partial charge on any atom is 0.416 e. The number of benzene rings is 2. The standard InChI is InChI=1S/C18H16F4N2O3S/c1-12-17(25)23(15-4-2-3-13(11-15)18(20,21)22)9-10-24(12)28(26,27)16-7-5-14(19)6-8-16/h2-8,11-12H,9-10H2,1H3/t12-/m1/s1. The van der Waals surface area contributed by atoms with Gasteiger partial charge in [0.05, 0.1) is 10.5 Å². The molecule has 2 aromatic rings. The predicted molar refractivity (Wildman–Crippen MR) is 93.6 cm³/mol. The minimum atomic E-state index is -4.56. The molecule has 1 aliphatic heterocycles. The van der Waals surface area contributed by atoms with Gasteiger partial charge in [0, 0.05) is 18.8 Å². The first kappa shape index (κ1) is 20.3. The number of halogens is 4. The lowest BCUT2D eigenvalue weighted by molar-refractivity contribution is -0.137. The molecular weight excluding hydrogens is 400 g/mol. The Kier molecular flexibility index (Phi) is 5.20. The average Bonchev–Trinajstić information content (AvgIpc) is 2.63. The summed E-state index contributed by atoms with van der Waals surface area (Å²) in [6, 6.07) is 7.38. The summed E-state index contributed by atoms with van der Waals surface area (Å²) in [6.07, 6.45) is -4.56. The quantitative estimate of drug-likeness (QED) is 0.722. The van der Waals surface area contributed by atoms with E-state index in [0.717, 1.165) is 45.6 Å². The Bertz CT molecular complexity index is 991. The van der Waals surface area contributed by atoms with E-state index in [2.05, 4.69) is 0 Å². The van der Waals surface area contributed by atoms with Crippen molar-refractivity contribution in [2.75, 3.05) is 18.0 Å². The number of hydrogen-bond acceptors (Lipinski definition) is 3. The maximum atomic E-state index is 13.1. The van der Waals surface area contributed by atoms with Gasteiger partial charge in [-0.3, -0.25) is 4.79 Å². The molecule has 1 saturated heterocycles. The summed E-state index contributed by atoms with van der Waals surface area (Å²) in [7, 11) is -4.06. The second-order valence-corrected chi connectivity index (χ2v) is 8.17. The van der Waals surface area contributed by atoms with E-state index >= 15 is 0 Å². The summed E-state index contributed by atoms with van der Waals surface area (Å²) in [6.45, 7) is 1.15. The normalized spacial score (nSPS) is 19.1. The highest BCUT2D eigenvalue weighted by molar-refractivity contribution is 7.89. The molecule has 5 nitrogen and oxygen atoms in total. The highest BCUT2D eigenvalue weighted by atomic mass is 32.2. The number of nitrogens with zero attached hydrogens (tertiary/aromatic N) is 2. The van der Waals surface area contributed by atoms with Crippen LogP contribution >= 0.6 is 0 Å². The van der Waals surface area contributed by atoms with Gasteiger partial charge in [0.25, 0.3) is 0 Å². The van der Waals surface area contributed by atoms with E-state index in [-0.39, 0.29) is 23.7 Å². The Morgan fingerprint density at radius 2 is 1.68 bits per heavy atom. The third-order valence-corrected chi connectivity index (χ3v) is 6.49. The van der Waals surface area contributed by atoms with Gasteiger partial charge in [-0.2, -0.15) is 17.5 Å². The van der Waals surface area contributed by atoms with Gasteiger partial charge < -0.3 is 4.90 Å². The topological polar surface area (TPSA) is 57.7 Å². The zero-order valence-corrected chi connectivity index (χ0v) is 15.5. The van der Waals surface area contributed by atoms with E-state index in [4.69, 9.17) is 0 Å². The van der Waals surface area contributed by atoms with Crippen molar-refractivity contribution in [2.24, 2.45) is 0 Å². The monoisotopic (exact) mass is 416 g/mol. The Hall–Kier alpha value is -2.46. The molecule has 0 radical (unpaired) electrons. The van der Waals surface area contributed by atoms with E-state index in [1.165, 1.54) is 19.1 Å². The van der Waals surface area contributed by atoms with E-state index in [0.29, 0.717) is 0 Å². The van der Waals surface area contributed by atoms with Crippen LogP contribution < -0.4 is 4.90 Å². The molecule has 1 fully saturated rings. The summed E-state index contributed by atoms with van der Waals surface area (Å²) >= 11 is 0. The minimum Gasteiger partial charge on any atom is -0.310 e. The fourth-order valence-electron chi connectivity index (χ4n) is 3.03. The maximum absolute atomic E-state index is 13.1. The Morgan fingerprint density at radius 1 is 1.04 bits per heavy atom. The summed E-state index contributed by atoms with van der Waals surface area (Å²) in [5, 5.41) is 0. The lowest BCUT2D eigenvalue weighted by Gasteiger charge is -2.38. The van der Waals surface area contributed by atoms with E-state index in [1.54, 1.807) is 0 Å². The molecule has 1 aliphatic rings. The minimum absolute atomic E-state index is 0.0468. The highest BCUT2D eigenvalue weighted by Gasteiger charge is 2.40. The molecule has 0 bridgehead atoms. The van der Waals surface area contributed by atoms with Crippen molar-refractivity contribution < 1.29 is 30.8 Å². The SMILES string of the molecule is C[C@@H]1C(=O)N(c2cccc(C(F)(F)F)c2)CCN1S(=O)(=O)c1ccc(F)cc1. The van der Waals surface area contributed by atoms with Crippen LogP contribution in [0.3, 0.4) is 0 Å². The Labute approximate surface area is 159 Å². The molecule has 0 N–H and O–H groups in total. The number of piperazine rings is 1. The number of amides is 1. The molecule has 0 aromatic heterocycles. The summed E-state index contributed by atoms with van der Waals surface area (Å²) in [5.41, 5.74) is -0.850. The summed E-state index contributed by atoms with van der Waals surface area (Å²) < 4.78 is 78.3. The number of carbonyl (C=O) groups is 1. The lowest BCUT2D eigenvalue weighted by Crippen LogP contribution is -2.57. The van der Waals surface area contributed by atoms with Gasteiger partial charge in [0.15, 0.2) is 0 Å². The molecule has 3 rings (SSSR count). The van der Waals surface area contributed by atoms with E-state index in [1.807, 2.05) is 0 Å².